The highest BCUT2D eigenvalue weighted by Gasteiger charge is 2.15. The second-order valence-electron chi connectivity index (χ2n) is 5.60. The summed E-state index contributed by atoms with van der Waals surface area (Å²) in [5.41, 5.74) is 12.2. The van der Waals surface area contributed by atoms with E-state index in [9.17, 15) is 0 Å². The summed E-state index contributed by atoms with van der Waals surface area (Å²) in [5.74, 6) is 0.427. The topological polar surface area (TPSA) is 38.9 Å². The molecule has 0 aliphatic heterocycles. The molecule has 2 N–H and O–H groups in total. The molecule has 0 unspecified atom stereocenters. The van der Waals surface area contributed by atoms with E-state index in [-0.39, 0.29) is 0 Å². The summed E-state index contributed by atoms with van der Waals surface area (Å²) in [6.07, 6.45) is 4.93. The normalized spacial score (nSPS) is 15.1. The lowest BCUT2D eigenvalue weighted by molar-refractivity contribution is 0.688. The number of fused-ring (bicyclic) bond motifs is 3. The molecule has 0 radical (unpaired) electrons. The Kier molecular flexibility index (Phi) is 2.73. The van der Waals surface area contributed by atoms with E-state index in [4.69, 9.17) is 10.7 Å². The summed E-state index contributed by atoms with van der Waals surface area (Å²) < 4.78 is 0. The first-order chi connectivity index (χ1) is 8.66. The van der Waals surface area contributed by atoms with E-state index >= 15 is 0 Å². The van der Waals surface area contributed by atoms with Gasteiger partial charge in [-0.05, 0) is 48.8 Å². The number of nitrogens with zero attached hydrogens (tertiary/aromatic N) is 1. The molecule has 0 spiro atoms. The fourth-order valence-corrected chi connectivity index (χ4v) is 2.86. The van der Waals surface area contributed by atoms with Crippen LogP contribution in [0.5, 0.6) is 0 Å². The van der Waals surface area contributed by atoms with E-state index in [1.54, 1.807) is 0 Å². The Morgan fingerprint density at radius 1 is 1.17 bits per heavy atom. The van der Waals surface area contributed by atoms with Crippen molar-refractivity contribution in [2.75, 3.05) is 5.73 Å². The van der Waals surface area contributed by atoms with Crippen LogP contribution in [0.25, 0.3) is 10.9 Å². The van der Waals surface area contributed by atoms with E-state index in [0.29, 0.717) is 5.92 Å². The lowest BCUT2D eigenvalue weighted by atomic mass is 9.89. The van der Waals surface area contributed by atoms with Crippen molar-refractivity contribution < 1.29 is 0 Å². The van der Waals surface area contributed by atoms with Crippen molar-refractivity contribution in [2.24, 2.45) is 0 Å². The molecule has 1 aliphatic carbocycles. The molecule has 18 heavy (non-hydrogen) atoms. The van der Waals surface area contributed by atoms with Crippen LogP contribution in [0, 0.1) is 0 Å². The van der Waals surface area contributed by atoms with Crippen LogP contribution in [-0.4, -0.2) is 4.98 Å². The third kappa shape index (κ3) is 1.76. The standard InChI is InChI=1S/C16H20N2/c1-10(2)15-9-14(17)13-8-7-11-5-3-4-6-12(11)16(13)18-15/h7-10H,3-6H2,1-2H3,(H2,17,18). The van der Waals surface area contributed by atoms with Gasteiger partial charge >= 0.3 is 0 Å². The zero-order valence-electron chi connectivity index (χ0n) is 11.2. The number of aryl methyl sites for hydroxylation is 2. The monoisotopic (exact) mass is 240 g/mol. The first-order valence-electron chi connectivity index (χ1n) is 6.87. The van der Waals surface area contributed by atoms with E-state index in [1.807, 2.05) is 6.07 Å². The SMILES string of the molecule is CC(C)c1cc(N)c2ccc3c(c2n1)CCCC3. The molecule has 0 saturated carbocycles. The van der Waals surface area contributed by atoms with Gasteiger partial charge in [0.2, 0.25) is 0 Å². The maximum atomic E-state index is 6.19. The number of aromatic nitrogens is 1. The van der Waals surface area contributed by atoms with Crippen LogP contribution in [0.15, 0.2) is 18.2 Å². The highest BCUT2D eigenvalue weighted by molar-refractivity contribution is 5.93. The Hall–Kier alpha value is -1.57. The molecule has 0 amide bonds. The second-order valence-corrected chi connectivity index (χ2v) is 5.60. The van der Waals surface area contributed by atoms with Crippen LogP contribution < -0.4 is 5.73 Å². The van der Waals surface area contributed by atoms with Crippen molar-refractivity contribution in [1.29, 1.82) is 0 Å². The zero-order valence-corrected chi connectivity index (χ0v) is 11.2. The number of nitrogen functional groups attached to an aromatic ring is 1. The molecule has 3 rings (SSSR count). The molecule has 1 aliphatic rings. The molecule has 0 bridgehead atoms. The summed E-state index contributed by atoms with van der Waals surface area (Å²) >= 11 is 0. The number of hydrogen-bond donors (Lipinski definition) is 1. The van der Waals surface area contributed by atoms with Crippen LogP contribution in [0.3, 0.4) is 0 Å². The molecular formula is C16H20N2. The smallest absolute Gasteiger partial charge is 0.0760 e. The fraction of sp³-hybridized carbons (Fsp3) is 0.438. The van der Waals surface area contributed by atoms with Crippen molar-refractivity contribution in [3.63, 3.8) is 0 Å². The molecular weight excluding hydrogens is 220 g/mol. The summed E-state index contributed by atoms with van der Waals surface area (Å²) in [6.45, 7) is 4.34. The Morgan fingerprint density at radius 2 is 1.94 bits per heavy atom. The van der Waals surface area contributed by atoms with Gasteiger partial charge in [-0.1, -0.05) is 26.0 Å². The quantitative estimate of drug-likeness (QED) is 0.823. The van der Waals surface area contributed by atoms with Gasteiger partial charge in [0.1, 0.15) is 0 Å². The molecule has 94 valence electrons. The molecule has 2 nitrogen and oxygen atoms in total. The van der Waals surface area contributed by atoms with Gasteiger partial charge in [-0.2, -0.15) is 0 Å². The number of hydrogen-bond acceptors (Lipinski definition) is 2. The van der Waals surface area contributed by atoms with Gasteiger partial charge in [0.05, 0.1) is 5.52 Å². The molecule has 2 aromatic rings. The predicted molar refractivity (Wildman–Crippen MR) is 76.9 cm³/mol. The highest BCUT2D eigenvalue weighted by atomic mass is 14.7. The van der Waals surface area contributed by atoms with Gasteiger partial charge < -0.3 is 5.73 Å². The summed E-state index contributed by atoms with van der Waals surface area (Å²) in [6, 6.07) is 6.41. The van der Waals surface area contributed by atoms with E-state index in [1.165, 1.54) is 30.4 Å². The lowest BCUT2D eigenvalue weighted by Crippen LogP contribution is -2.06. The Morgan fingerprint density at radius 3 is 2.72 bits per heavy atom. The minimum atomic E-state index is 0.427. The van der Waals surface area contributed by atoms with Gasteiger partial charge in [0.15, 0.2) is 0 Å². The number of pyridine rings is 1. The van der Waals surface area contributed by atoms with Crippen LogP contribution in [0.1, 0.15) is 49.4 Å². The van der Waals surface area contributed by atoms with Gasteiger partial charge in [0, 0.05) is 16.8 Å². The van der Waals surface area contributed by atoms with Crippen LogP contribution in [-0.2, 0) is 12.8 Å². The molecule has 0 saturated heterocycles. The first-order valence-corrected chi connectivity index (χ1v) is 6.87. The van der Waals surface area contributed by atoms with Gasteiger partial charge in [-0.25, -0.2) is 0 Å². The minimum Gasteiger partial charge on any atom is -0.398 e. The zero-order chi connectivity index (χ0) is 12.7. The first kappa shape index (κ1) is 11.5. The third-order valence-electron chi connectivity index (χ3n) is 3.95. The fourth-order valence-electron chi connectivity index (χ4n) is 2.86. The van der Waals surface area contributed by atoms with Gasteiger partial charge in [-0.3, -0.25) is 4.98 Å². The molecule has 0 fully saturated rings. The number of nitrogens with two attached hydrogens (primary N) is 1. The van der Waals surface area contributed by atoms with Gasteiger partial charge in [0.25, 0.3) is 0 Å². The van der Waals surface area contributed by atoms with E-state index < -0.39 is 0 Å². The Bertz CT molecular complexity index is 600. The van der Waals surface area contributed by atoms with Crippen molar-refractivity contribution in [3.8, 4) is 0 Å². The average Bonchev–Trinajstić information content (AvgIpc) is 2.38. The summed E-state index contributed by atoms with van der Waals surface area (Å²) in [7, 11) is 0. The van der Waals surface area contributed by atoms with Crippen LogP contribution in [0.2, 0.25) is 0 Å². The molecule has 1 aromatic carbocycles. The minimum absolute atomic E-state index is 0.427. The molecule has 1 heterocycles. The second kappa shape index (κ2) is 4.27. The molecule has 1 aromatic heterocycles. The van der Waals surface area contributed by atoms with Crippen LogP contribution >= 0.6 is 0 Å². The van der Waals surface area contributed by atoms with Crippen molar-refractivity contribution >= 4 is 16.6 Å². The van der Waals surface area contributed by atoms with Gasteiger partial charge in [-0.15, -0.1) is 0 Å². The Labute approximate surface area is 108 Å². The molecule has 2 heteroatoms. The highest BCUT2D eigenvalue weighted by Crippen LogP contribution is 2.32. The van der Waals surface area contributed by atoms with E-state index in [2.05, 4.69) is 26.0 Å². The largest absolute Gasteiger partial charge is 0.398 e. The maximum Gasteiger partial charge on any atom is 0.0760 e. The van der Waals surface area contributed by atoms with E-state index in [0.717, 1.165) is 28.7 Å². The number of benzene rings is 1. The van der Waals surface area contributed by atoms with Crippen LogP contribution in [0.4, 0.5) is 5.69 Å². The Balaban J connectivity index is 2.31. The number of anilines is 1. The van der Waals surface area contributed by atoms with Crippen molar-refractivity contribution in [1.82, 2.24) is 4.98 Å². The average molecular weight is 240 g/mol. The van der Waals surface area contributed by atoms with Crippen molar-refractivity contribution in [2.45, 2.75) is 45.4 Å². The lowest BCUT2D eigenvalue weighted by Gasteiger charge is -2.19. The predicted octanol–water partition coefficient (Wildman–Crippen LogP) is 3.82. The summed E-state index contributed by atoms with van der Waals surface area (Å²) in [5, 5.41) is 1.13. The number of rotatable bonds is 1. The third-order valence-corrected chi connectivity index (χ3v) is 3.95. The molecule has 0 atom stereocenters. The maximum absolute atomic E-state index is 6.19. The van der Waals surface area contributed by atoms with Crippen molar-refractivity contribution in [3.05, 3.63) is 35.0 Å². The summed E-state index contributed by atoms with van der Waals surface area (Å²) in [4.78, 5) is 4.87.